The second kappa shape index (κ2) is 8.15. The molecule has 0 amide bonds. The van der Waals surface area contributed by atoms with Crippen molar-refractivity contribution in [3.8, 4) is 0 Å². The van der Waals surface area contributed by atoms with E-state index in [1.807, 2.05) is 30.9 Å². The summed E-state index contributed by atoms with van der Waals surface area (Å²) < 4.78 is 2.13. The summed E-state index contributed by atoms with van der Waals surface area (Å²) in [5.41, 5.74) is 1.15. The summed E-state index contributed by atoms with van der Waals surface area (Å²) >= 11 is 6.54. The fraction of sp³-hybridized carbons (Fsp3) is 0.526. The quantitative estimate of drug-likeness (QED) is 0.753. The van der Waals surface area contributed by atoms with E-state index in [1.165, 1.54) is 24.8 Å². The van der Waals surface area contributed by atoms with Crippen LogP contribution in [-0.4, -0.2) is 29.2 Å². The molecule has 0 spiro atoms. The van der Waals surface area contributed by atoms with Crippen LogP contribution in [-0.2, 0) is 12.1 Å². The van der Waals surface area contributed by atoms with Crippen LogP contribution in [0.3, 0.4) is 0 Å². The van der Waals surface area contributed by atoms with E-state index in [1.54, 1.807) is 0 Å². The third-order valence-corrected chi connectivity index (χ3v) is 5.58. The van der Waals surface area contributed by atoms with Gasteiger partial charge in [0.1, 0.15) is 0 Å². The summed E-state index contributed by atoms with van der Waals surface area (Å²) in [4.78, 5) is 4.09. The number of benzene rings is 1. The molecule has 130 valence electrons. The Morgan fingerprint density at radius 1 is 1.33 bits per heavy atom. The van der Waals surface area contributed by atoms with E-state index in [-0.39, 0.29) is 5.54 Å². The maximum atomic E-state index is 6.54. The first kappa shape index (κ1) is 17.5. The van der Waals surface area contributed by atoms with Gasteiger partial charge in [0.05, 0.1) is 11.9 Å². The van der Waals surface area contributed by atoms with Gasteiger partial charge in [-0.25, -0.2) is 4.98 Å². The topological polar surface area (TPSA) is 41.9 Å². The smallest absolute Gasteiger partial charge is 0.0945 e. The molecule has 4 nitrogen and oxygen atoms in total. The maximum absolute atomic E-state index is 6.54. The van der Waals surface area contributed by atoms with Crippen molar-refractivity contribution < 1.29 is 0 Å². The van der Waals surface area contributed by atoms with E-state index >= 15 is 0 Å². The SMILES string of the molecule is CN[C@]1(c2ccccc2Cl)CCCC[C@@H]1NCCCn1ccnc1. The van der Waals surface area contributed by atoms with Gasteiger partial charge < -0.3 is 15.2 Å². The lowest BCUT2D eigenvalue weighted by Gasteiger charge is -2.45. The van der Waals surface area contributed by atoms with E-state index in [9.17, 15) is 0 Å². The van der Waals surface area contributed by atoms with Gasteiger partial charge in [-0.2, -0.15) is 0 Å². The highest BCUT2D eigenvalue weighted by atomic mass is 35.5. The number of halogens is 1. The summed E-state index contributed by atoms with van der Waals surface area (Å²) in [6.45, 7) is 2.00. The van der Waals surface area contributed by atoms with Crippen LogP contribution in [0.25, 0.3) is 0 Å². The van der Waals surface area contributed by atoms with Crippen LogP contribution >= 0.6 is 11.6 Å². The molecular formula is C19H27ClN4. The van der Waals surface area contributed by atoms with Crippen molar-refractivity contribution in [1.82, 2.24) is 20.2 Å². The standard InChI is InChI=1S/C19H27ClN4/c1-21-19(16-7-2-3-8-17(16)20)10-5-4-9-18(19)23-11-6-13-24-14-12-22-15-24/h2-3,7-8,12,14-15,18,21,23H,4-6,9-11,13H2,1H3/t18-,19-/m0/s1. The minimum atomic E-state index is -0.0778. The molecule has 1 aromatic carbocycles. The van der Waals surface area contributed by atoms with Crippen LogP contribution in [0.4, 0.5) is 0 Å². The summed E-state index contributed by atoms with van der Waals surface area (Å²) in [6, 6.07) is 8.67. The Balaban J connectivity index is 1.68. The molecule has 5 heteroatoms. The molecule has 1 heterocycles. The lowest BCUT2D eigenvalue weighted by molar-refractivity contribution is 0.177. The molecule has 3 rings (SSSR count). The molecule has 0 aliphatic heterocycles. The number of aryl methyl sites for hydroxylation is 1. The van der Waals surface area contributed by atoms with Crippen molar-refractivity contribution >= 4 is 11.6 Å². The van der Waals surface area contributed by atoms with Crippen molar-refractivity contribution in [1.29, 1.82) is 0 Å². The van der Waals surface area contributed by atoms with Gasteiger partial charge in [-0.15, -0.1) is 0 Å². The second-order valence-electron chi connectivity index (χ2n) is 6.61. The average molecular weight is 347 g/mol. The molecule has 24 heavy (non-hydrogen) atoms. The number of hydrogen-bond acceptors (Lipinski definition) is 3. The van der Waals surface area contributed by atoms with Crippen molar-refractivity contribution in [3.63, 3.8) is 0 Å². The Morgan fingerprint density at radius 2 is 2.21 bits per heavy atom. The van der Waals surface area contributed by atoms with Crippen molar-refractivity contribution in [2.75, 3.05) is 13.6 Å². The van der Waals surface area contributed by atoms with E-state index in [0.717, 1.165) is 31.0 Å². The lowest BCUT2D eigenvalue weighted by atomic mass is 9.72. The Labute approximate surface area is 149 Å². The number of rotatable bonds is 7. The normalized spacial score (nSPS) is 24.2. The molecule has 1 aliphatic carbocycles. The zero-order valence-corrected chi connectivity index (χ0v) is 15.1. The molecule has 1 fully saturated rings. The van der Waals surface area contributed by atoms with Gasteiger partial charge in [0.15, 0.2) is 0 Å². The van der Waals surface area contributed by atoms with Crippen LogP contribution in [0, 0.1) is 0 Å². The van der Waals surface area contributed by atoms with Gasteiger partial charge in [-0.05, 0) is 44.5 Å². The van der Waals surface area contributed by atoms with Gasteiger partial charge in [-0.1, -0.05) is 42.6 Å². The van der Waals surface area contributed by atoms with Gasteiger partial charge in [0.2, 0.25) is 0 Å². The maximum Gasteiger partial charge on any atom is 0.0945 e. The van der Waals surface area contributed by atoms with E-state index < -0.39 is 0 Å². The van der Waals surface area contributed by atoms with Crippen molar-refractivity contribution in [2.45, 2.75) is 50.2 Å². The first-order chi connectivity index (χ1) is 11.8. The third kappa shape index (κ3) is 3.66. The highest BCUT2D eigenvalue weighted by molar-refractivity contribution is 6.31. The first-order valence-corrected chi connectivity index (χ1v) is 9.27. The van der Waals surface area contributed by atoms with Gasteiger partial charge in [0.25, 0.3) is 0 Å². The number of imidazole rings is 1. The highest BCUT2D eigenvalue weighted by Gasteiger charge is 2.41. The predicted molar refractivity (Wildman–Crippen MR) is 99.3 cm³/mol. The monoisotopic (exact) mass is 346 g/mol. The molecule has 1 aliphatic rings. The first-order valence-electron chi connectivity index (χ1n) is 8.89. The second-order valence-corrected chi connectivity index (χ2v) is 7.01. The molecule has 0 saturated heterocycles. The van der Waals surface area contributed by atoms with Gasteiger partial charge in [-0.3, -0.25) is 0 Å². The molecule has 1 aromatic heterocycles. The largest absolute Gasteiger partial charge is 0.337 e. The van der Waals surface area contributed by atoms with E-state index in [2.05, 4.69) is 39.4 Å². The molecule has 0 radical (unpaired) electrons. The van der Waals surface area contributed by atoms with E-state index in [4.69, 9.17) is 11.6 Å². The number of nitrogens with one attached hydrogen (secondary N) is 2. The Kier molecular flexibility index (Phi) is 5.93. The Morgan fingerprint density at radius 3 is 2.96 bits per heavy atom. The Hall–Kier alpha value is -1.36. The lowest BCUT2D eigenvalue weighted by Crippen LogP contribution is -2.58. The fourth-order valence-corrected chi connectivity index (χ4v) is 4.29. The van der Waals surface area contributed by atoms with Crippen molar-refractivity contribution in [2.24, 2.45) is 0 Å². The van der Waals surface area contributed by atoms with Crippen LogP contribution in [0.2, 0.25) is 5.02 Å². The zero-order chi connectivity index (χ0) is 16.8. The molecule has 2 aromatic rings. The van der Waals surface area contributed by atoms with Crippen molar-refractivity contribution in [3.05, 3.63) is 53.6 Å². The molecule has 2 N–H and O–H groups in total. The van der Waals surface area contributed by atoms with Gasteiger partial charge in [0, 0.05) is 30.0 Å². The molecule has 0 unspecified atom stereocenters. The predicted octanol–water partition coefficient (Wildman–Crippen LogP) is 3.57. The van der Waals surface area contributed by atoms with Crippen LogP contribution in [0.15, 0.2) is 43.0 Å². The minimum Gasteiger partial charge on any atom is -0.337 e. The fourth-order valence-electron chi connectivity index (χ4n) is 3.99. The summed E-state index contributed by atoms with van der Waals surface area (Å²) in [6.07, 6.45) is 11.6. The van der Waals surface area contributed by atoms with Crippen LogP contribution in [0.5, 0.6) is 0 Å². The number of hydrogen-bond donors (Lipinski definition) is 2. The number of aromatic nitrogens is 2. The Bertz CT molecular complexity index is 628. The zero-order valence-electron chi connectivity index (χ0n) is 14.3. The third-order valence-electron chi connectivity index (χ3n) is 5.25. The summed E-state index contributed by atoms with van der Waals surface area (Å²) in [5, 5.41) is 8.27. The average Bonchev–Trinajstić information content (AvgIpc) is 3.13. The minimum absolute atomic E-state index is 0.0778. The van der Waals surface area contributed by atoms with Crippen LogP contribution in [0.1, 0.15) is 37.7 Å². The molecule has 1 saturated carbocycles. The molecule has 0 bridgehead atoms. The van der Waals surface area contributed by atoms with E-state index in [0.29, 0.717) is 6.04 Å². The summed E-state index contributed by atoms with van der Waals surface area (Å²) in [7, 11) is 2.06. The molecular weight excluding hydrogens is 320 g/mol. The number of nitrogens with zero attached hydrogens (tertiary/aromatic N) is 2. The summed E-state index contributed by atoms with van der Waals surface area (Å²) in [5.74, 6) is 0. The molecule has 2 atom stereocenters. The number of likely N-dealkylation sites (N-methyl/N-ethyl adjacent to an activating group) is 1. The van der Waals surface area contributed by atoms with Gasteiger partial charge >= 0.3 is 0 Å². The van der Waals surface area contributed by atoms with Crippen LogP contribution < -0.4 is 10.6 Å². The highest BCUT2D eigenvalue weighted by Crippen LogP contribution is 2.40.